The van der Waals surface area contributed by atoms with Gasteiger partial charge in [0.2, 0.25) is 0 Å². The summed E-state index contributed by atoms with van der Waals surface area (Å²) in [6, 6.07) is 7.75. The largest absolute Gasteiger partial charge is 0.364 e. The summed E-state index contributed by atoms with van der Waals surface area (Å²) >= 11 is 0. The molecule has 0 saturated carbocycles. The van der Waals surface area contributed by atoms with Crippen LogP contribution in [0.5, 0.6) is 5.75 Å². The lowest BCUT2D eigenvalue weighted by Gasteiger charge is -2.13. The van der Waals surface area contributed by atoms with Crippen LogP contribution in [0.3, 0.4) is 0 Å². The SMILES string of the molecule is C1=NNOc2c1ccc1ncccc21. The first-order valence-corrected chi connectivity index (χ1v) is 4.28. The summed E-state index contributed by atoms with van der Waals surface area (Å²) in [6.07, 6.45) is 3.49. The highest BCUT2D eigenvalue weighted by atomic mass is 16.7. The van der Waals surface area contributed by atoms with E-state index in [9.17, 15) is 0 Å². The third kappa shape index (κ3) is 0.939. The van der Waals surface area contributed by atoms with E-state index in [2.05, 4.69) is 15.7 Å². The summed E-state index contributed by atoms with van der Waals surface area (Å²) in [6.45, 7) is 0. The molecule has 68 valence electrons. The lowest BCUT2D eigenvalue weighted by atomic mass is 10.1. The van der Waals surface area contributed by atoms with Gasteiger partial charge < -0.3 is 4.84 Å². The number of benzene rings is 1. The van der Waals surface area contributed by atoms with Crippen molar-refractivity contribution >= 4 is 17.1 Å². The molecule has 0 spiro atoms. The van der Waals surface area contributed by atoms with Gasteiger partial charge in [-0.2, -0.15) is 5.10 Å². The van der Waals surface area contributed by atoms with Crippen LogP contribution >= 0.6 is 0 Å². The summed E-state index contributed by atoms with van der Waals surface area (Å²) in [4.78, 5) is 9.49. The molecule has 0 aliphatic carbocycles. The van der Waals surface area contributed by atoms with Gasteiger partial charge in [-0.05, 0) is 24.3 Å². The molecule has 3 rings (SSSR count). The van der Waals surface area contributed by atoms with Gasteiger partial charge in [-0.25, -0.2) is 0 Å². The summed E-state index contributed by atoms with van der Waals surface area (Å²) in [7, 11) is 0. The Morgan fingerprint density at radius 1 is 1.21 bits per heavy atom. The number of hydrogen-bond donors (Lipinski definition) is 1. The molecule has 0 saturated heterocycles. The van der Waals surface area contributed by atoms with Crippen LogP contribution in [-0.2, 0) is 0 Å². The van der Waals surface area contributed by atoms with Crippen molar-refractivity contribution in [2.24, 2.45) is 5.10 Å². The molecule has 1 aliphatic heterocycles. The molecule has 4 heteroatoms. The van der Waals surface area contributed by atoms with Crippen molar-refractivity contribution in [2.45, 2.75) is 0 Å². The second-order valence-corrected chi connectivity index (χ2v) is 3.01. The summed E-state index contributed by atoms with van der Waals surface area (Å²) in [5, 5.41) is 4.80. The molecule has 2 aromatic rings. The lowest BCUT2D eigenvalue weighted by molar-refractivity contribution is 0.200. The van der Waals surface area contributed by atoms with Crippen molar-refractivity contribution in [2.75, 3.05) is 0 Å². The fraction of sp³-hybridized carbons (Fsp3) is 0. The summed E-state index contributed by atoms with van der Waals surface area (Å²) < 4.78 is 0. The summed E-state index contributed by atoms with van der Waals surface area (Å²) in [5.41, 5.74) is 4.36. The molecule has 0 amide bonds. The van der Waals surface area contributed by atoms with Crippen LogP contribution in [0.2, 0.25) is 0 Å². The zero-order chi connectivity index (χ0) is 9.38. The average Bonchev–Trinajstić information content (AvgIpc) is 2.29. The maximum Gasteiger partial charge on any atom is 0.175 e. The first kappa shape index (κ1) is 7.32. The van der Waals surface area contributed by atoms with E-state index in [1.165, 1.54) is 0 Å². The van der Waals surface area contributed by atoms with Crippen LogP contribution < -0.4 is 10.4 Å². The van der Waals surface area contributed by atoms with E-state index in [1.807, 2.05) is 24.3 Å². The Hall–Kier alpha value is -2.10. The maximum atomic E-state index is 5.25. The van der Waals surface area contributed by atoms with E-state index in [1.54, 1.807) is 12.4 Å². The Morgan fingerprint density at radius 3 is 3.21 bits per heavy atom. The van der Waals surface area contributed by atoms with Gasteiger partial charge >= 0.3 is 0 Å². The normalized spacial score (nSPS) is 13.1. The number of hydrogen-bond acceptors (Lipinski definition) is 4. The minimum Gasteiger partial charge on any atom is -0.364 e. The predicted molar refractivity (Wildman–Crippen MR) is 53.1 cm³/mol. The van der Waals surface area contributed by atoms with Gasteiger partial charge in [-0.3, -0.25) is 4.98 Å². The second-order valence-electron chi connectivity index (χ2n) is 3.01. The number of rotatable bonds is 0. The van der Waals surface area contributed by atoms with Gasteiger partial charge in [0.25, 0.3) is 0 Å². The van der Waals surface area contributed by atoms with E-state index in [0.717, 1.165) is 22.2 Å². The van der Waals surface area contributed by atoms with Crippen LogP contribution in [0.15, 0.2) is 35.6 Å². The average molecular weight is 185 g/mol. The van der Waals surface area contributed by atoms with Crippen molar-refractivity contribution in [3.05, 3.63) is 36.0 Å². The fourth-order valence-electron chi connectivity index (χ4n) is 1.53. The highest BCUT2D eigenvalue weighted by Gasteiger charge is 2.10. The molecule has 0 unspecified atom stereocenters. The molecule has 2 heterocycles. The van der Waals surface area contributed by atoms with E-state index < -0.39 is 0 Å². The molecule has 1 aromatic heterocycles. The first-order chi connectivity index (χ1) is 6.95. The minimum absolute atomic E-state index is 0.783. The Kier molecular flexibility index (Phi) is 1.41. The van der Waals surface area contributed by atoms with Crippen molar-refractivity contribution < 1.29 is 4.84 Å². The Morgan fingerprint density at radius 2 is 2.21 bits per heavy atom. The van der Waals surface area contributed by atoms with E-state index in [-0.39, 0.29) is 0 Å². The summed E-state index contributed by atoms with van der Waals surface area (Å²) in [5.74, 6) is 0.783. The van der Waals surface area contributed by atoms with Gasteiger partial charge in [0.15, 0.2) is 5.75 Å². The first-order valence-electron chi connectivity index (χ1n) is 4.28. The topological polar surface area (TPSA) is 46.5 Å². The monoisotopic (exact) mass is 185 g/mol. The Labute approximate surface area is 80.2 Å². The zero-order valence-corrected chi connectivity index (χ0v) is 7.27. The molecular formula is C10H7N3O. The third-order valence-corrected chi connectivity index (χ3v) is 2.17. The van der Waals surface area contributed by atoms with Crippen LogP contribution in [-0.4, -0.2) is 11.2 Å². The highest BCUT2D eigenvalue weighted by molar-refractivity contribution is 5.96. The Balaban J connectivity index is 2.41. The molecule has 4 nitrogen and oxygen atoms in total. The van der Waals surface area contributed by atoms with Crippen molar-refractivity contribution in [3.8, 4) is 5.75 Å². The van der Waals surface area contributed by atoms with E-state index in [0.29, 0.717) is 0 Å². The van der Waals surface area contributed by atoms with Crippen molar-refractivity contribution in [1.82, 2.24) is 10.6 Å². The lowest BCUT2D eigenvalue weighted by Crippen LogP contribution is -2.17. The number of aromatic nitrogens is 1. The minimum atomic E-state index is 0.783. The molecule has 14 heavy (non-hydrogen) atoms. The van der Waals surface area contributed by atoms with Gasteiger partial charge in [0, 0.05) is 17.1 Å². The maximum absolute atomic E-state index is 5.25. The number of nitrogens with one attached hydrogen (secondary N) is 1. The third-order valence-electron chi connectivity index (χ3n) is 2.17. The van der Waals surface area contributed by atoms with Crippen LogP contribution in [0.25, 0.3) is 10.9 Å². The molecule has 0 radical (unpaired) electrons. The van der Waals surface area contributed by atoms with Crippen molar-refractivity contribution in [3.63, 3.8) is 0 Å². The zero-order valence-electron chi connectivity index (χ0n) is 7.27. The quantitative estimate of drug-likeness (QED) is 0.676. The second kappa shape index (κ2) is 2.70. The molecule has 0 fully saturated rings. The highest BCUT2D eigenvalue weighted by Crippen LogP contribution is 2.28. The van der Waals surface area contributed by atoms with Crippen LogP contribution in [0, 0.1) is 0 Å². The molecular weight excluding hydrogens is 178 g/mol. The van der Waals surface area contributed by atoms with E-state index in [4.69, 9.17) is 4.84 Å². The molecule has 0 atom stereocenters. The molecule has 0 bridgehead atoms. The van der Waals surface area contributed by atoms with E-state index >= 15 is 0 Å². The Bertz CT molecular complexity index is 522. The molecule has 1 aromatic carbocycles. The number of hydrazone groups is 1. The number of pyridine rings is 1. The predicted octanol–water partition coefficient (Wildman–Crippen LogP) is 1.47. The van der Waals surface area contributed by atoms with Crippen LogP contribution in [0.4, 0.5) is 0 Å². The van der Waals surface area contributed by atoms with Crippen LogP contribution in [0.1, 0.15) is 5.56 Å². The van der Waals surface area contributed by atoms with Gasteiger partial charge in [0.1, 0.15) is 0 Å². The van der Waals surface area contributed by atoms with Gasteiger partial charge in [-0.1, -0.05) is 0 Å². The van der Waals surface area contributed by atoms with Gasteiger partial charge in [-0.15, -0.1) is 5.59 Å². The standard InChI is InChI=1S/C10H7N3O/c1-2-8-9(11-5-1)4-3-7-6-12-13-14-10(7)8/h1-6,13H. The fourth-order valence-corrected chi connectivity index (χ4v) is 1.53. The number of nitrogens with zero attached hydrogens (tertiary/aromatic N) is 2. The van der Waals surface area contributed by atoms with Gasteiger partial charge in [0.05, 0.1) is 11.7 Å². The smallest absolute Gasteiger partial charge is 0.175 e. The molecule has 1 N–H and O–H groups in total. The van der Waals surface area contributed by atoms with Crippen molar-refractivity contribution in [1.29, 1.82) is 0 Å². The molecule has 1 aliphatic rings. The number of fused-ring (bicyclic) bond motifs is 3.